The predicted octanol–water partition coefficient (Wildman–Crippen LogP) is 4.58. The molecular weight excluding hydrogens is 528 g/mol. The summed E-state index contributed by atoms with van der Waals surface area (Å²) in [5.41, 5.74) is 6.60. The molecule has 0 unspecified atom stereocenters. The van der Waals surface area contributed by atoms with Crippen LogP contribution < -0.4 is 15.5 Å². The van der Waals surface area contributed by atoms with Crippen LogP contribution in [0.1, 0.15) is 52.7 Å². The van der Waals surface area contributed by atoms with Crippen LogP contribution in [-0.4, -0.2) is 61.9 Å². The van der Waals surface area contributed by atoms with E-state index in [0.717, 1.165) is 57.0 Å². The Morgan fingerprint density at radius 1 is 0.929 bits per heavy atom. The van der Waals surface area contributed by atoms with Crippen molar-refractivity contribution >= 4 is 18.0 Å². The number of rotatable bonds is 12. The van der Waals surface area contributed by atoms with E-state index in [4.69, 9.17) is 9.47 Å². The van der Waals surface area contributed by atoms with Gasteiger partial charge < -0.3 is 14.8 Å². The molecule has 1 atom stereocenters. The standard InChI is InChI=1S/C34H40N4O4/c39-33(35-23-32-7-4-20-41-32)25-42-31-14-10-28(11-15-31)22-36-37-34(40)30-12-8-29(9-13-30)24-38-18-16-27(17-19-38)21-26-5-2-1-3-6-26/h1-3,5-6,8-15,22,27,32H,4,7,16-21,23-25H2,(H,35,39)(H,37,40)/b36-22-/t32-/m1/s1. The molecule has 2 aliphatic heterocycles. The quantitative estimate of drug-likeness (QED) is 0.247. The van der Waals surface area contributed by atoms with Crippen molar-refractivity contribution in [1.29, 1.82) is 0 Å². The number of benzene rings is 3. The SMILES string of the molecule is O=C(COc1ccc(/C=N\NC(=O)c2ccc(CN3CCC(Cc4ccccc4)CC3)cc2)cc1)NC[C@H]1CCCO1. The predicted molar refractivity (Wildman–Crippen MR) is 164 cm³/mol. The first-order valence-corrected chi connectivity index (χ1v) is 14.9. The highest BCUT2D eigenvalue weighted by molar-refractivity contribution is 5.94. The van der Waals surface area contributed by atoms with Crippen LogP contribution in [0.4, 0.5) is 0 Å². The Hall–Kier alpha value is -4.01. The van der Waals surface area contributed by atoms with Crippen LogP contribution in [0.2, 0.25) is 0 Å². The van der Waals surface area contributed by atoms with Crippen LogP contribution in [0.3, 0.4) is 0 Å². The second kappa shape index (κ2) is 15.3. The molecule has 0 spiro atoms. The lowest BCUT2D eigenvalue weighted by atomic mass is 9.90. The van der Waals surface area contributed by atoms with Crippen molar-refractivity contribution < 1.29 is 19.1 Å². The van der Waals surface area contributed by atoms with Gasteiger partial charge in [0, 0.05) is 25.3 Å². The van der Waals surface area contributed by atoms with E-state index in [1.165, 1.54) is 24.0 Å². The molecule has 0 aromatic heterocycles. The van der Waals surface area contributed by atoms with Gasteiger partial charge in [-0.2, -0.15) is 5.10 Å². The smallest absolute Gasteiger partial charge is 0.271 e. The summed E-state index contributed by atoms with van der Waals surface area (Å²) >= 11 is 0. The fourth-order valence-electron chi connectivity index (χ4n) is 5.43. The monoisotopic (exact) mass is 568 g/mol. The molecule has 2 N–H and O–H groups in total. The molecule has 2 aliphatic rings. The van der Waals surface area contributed by atoms with E-state index < -0.39 is 0 Å². The van der Waals surface area contributed by atoms with Gasteiger partial charge in [-0.25, -0.2) is 5.43 Å². The van der Waals surface area contributed by atoms with Gasteiger partial charge in [0.25, 0.3) is 11.8 Å². The first-order chi connectivity index (χ1) is 20.6. The highest BCUT2D eigenvalue weighted by Crippen LogP contribution is 2.23. The Bertz CT molecular complexity index is 1300. The average molecular weight is 569 g/mol. The maximum absolute atomic E-state index is 12.6. The summed E-state index contributed by atoms with van der Waals surface area (Å²) in [6.45, 7) is 4.34. The number of nitrogens with zero attached hydrogens (tertiary/aromatic N) is 2. The second-order valence-corrected chi connectivity index (χ2v) is 11.1. The number of likely N-dealkylation sites (tertiary alicyclic amines) is 1. The third-order valence-electron chi connectivity index (χ3n) is 7.88. The maximum Gasteiger partial charge on any atom is 0.271 e. The van der Waals surface area contributed by atoms with Gasteiger partial charge in [-0.15, -0.1) is 0 Å². The Morgan fingerprint density at radius 3 is 2.40 bits per heavy atom. The Kier molecular flexibility index (Phi) is 10.7. The third-order valence-corrected chi connectivity index (χ3v) is 7.88. The van der Waals surface area contributed by atoms with E-state index >= 15 is 0 Å². The molecule has 3 aromatic carbocycles. The van der Waals surface area contributed by atoms with Crippen molar-refractivity contribution in [3.8, 4) is 5.75 Å². The number of hydrogen-bond acceptors (Lipinski definition) is 6. The second-order valence-electron chi connectivity index (χ2n) is 11.1. The number of ether oxygens (including phenoxy) is 2. The van der Waals surface area contributed by atoms with Crippen molar-refractivity contribution in [3.05, 3.63) is 101 Å². The van der Waals surface area contributed by atoms with Crippen molar-refractivity contribution in [2.75, 3.05) is 32.8 Å². The minimum Gasteiger partial charge on any atom is -0.484 e. The summed E-state index contributed by atoms with van der Waals surface area (Å²) in [4.78, 5) is 27.0. The lowest BCUT2D eigenvalue weighted by Gasteiger charge is -2.32. The molecule has 0 saturated carbocycles. The molecule has 42 heavy (non-hydrogen) atoms. The summed E-state index contributed by atoms with van der Waals surface area (Å²) in [6, 6.07) is 25.7. The number of carbonyl (C=O) groups is 2. The Balaban J connectivity index is 0.991. The normalized spacial score (nSPS) is 17.8. The zero-order valence-electron chi connectivity index (χ0n) is 24.0. The lowest BCUT2D eigenvalue weighted by Crippen LogP contribution is -2.35. The van der Waals surface area contributed by atoms with E-state index in [1.807, 2.05) is 36.4 Å². The Labute approximate surface area is 248 Å². The van der Waals surface area contributed by atoms with Crippen LogP contribution in [-0.2, 0) is 22.5 Å². The van der Waals surface area contributed by atoms with Crippen LogP contribution in [0.25, 0.3) is 0 Å². The number of hydrogen-bond donors (Lipinski definition) is 2. The highest BCUT2D eigenvalue weighted by Gasteiger charge is 2.20. The fourth-order valence-corrected chi connectivity index (χ4v) is 5.43. The molecule has 3 aromatic rings. The molecule has 2 heterocycles. The number of nitrogens with one attached hydrogen (secondary N) is 2. The minimum absolute atomic E-state index is 0.0533. The van der Waals surface area contributed by atoms with E-state index in [-0.39, 0.29) is 24.5 Å². The van der Waals surface area contributed by atoms with Crippen molar-refractivity contribution in [1.82, 2.24) is 15.6 Å². The van der Waals surface area contributed by atoms with Crippen molar-refractivity contribution in [3.63, 3.8) is 0 Å². The topological polar surface area (TPSA) is 92.3 Å². The largest absolute Gasteiger partial charge is 0.484 e. The first kappa shape index (κ1) is 29.5. The van der Waals surface area contributed by atoms with Gasteiger partial charge in [0.2, 0.25) is 0 Å². The lowest BCUT2D eigenvalue weighted by molar-refractivity contribution is -0.123. The number of carbonyl (C=O) groups excluding carboxylic acids is 2. The Morgan fingerprint density at radius 2 is 1.69 bits per heavy atom. The number of hydrazone groups is 1. The van der Waals surface area contributed by atoms with Gasteiger partial charge in [0.15, 0.2) is 6.61 Å². The molecule has 0 radical (unpaired) electrons. The van der Waals surface area contributed by atoms with Gasteiger partial charge in [-0.3, -0.25) is 14.5 Å². The summed E-state index contributed by atoms with van der Waals surface area (Å²) in [5, 5.41) is 6.92. The van der Waals surface area contributed by atoms with Crippen LogP contribution >= 0.6 is 0 Å². The fraction of sp³-hybridized carbons (Fsp3) is 0.382. The van der Waals surface area contributed by atoms with Crippen molar-refractivity contribution in [2.45, 2.75) is 44.8 Å². The molecule has 8 heteroatoms. The van der Waals surface area contributed by atoms with Crippen LogP contribution in [0.5, 0.6) is 5.75 Å². The summed E-state index contributed by atoms with van der Waals surface area (Å²) in [5.74, 6) is 0.904. The van der Waals surface area contributed by atoms with Crippen LogP contribution in [0.15, 0.2) is 84.0 Å². The molecule has 8 nitrogen and oxygen atoms in total. The third kappa shape index (κ3) is 9.26. The van der Waals surface area contributed by atoms with Gasteiger partial charge in [-0.1, -0.05) is 42.5 Å². The molecular formula is C34H40N4O4. The first-order valence-electron chi connectivity index (χ1n) is 14.9. The van der Waals surface area contributed by atoms with Gasteiger partial charge >= 0.3 is 0 Å². The van der Waals surface area contributed by atoms with Crippen molar-refractivity contribution in [2.24, 2.45) is 11.0 Å². The number of piperidine rings is 1. The molecule has 5 rings (SSSR count). The molecule has 0 bridgehead atoms. The van der Waals surface area contributed by atoms with E-state index in [1.54, 1.807) is 18.3 Å². The van der Waals surface area contributed by atoms with E-state index in [2.05, 4.69) is 51.1 Å². The zero-order chi connectivity index (χ0) is 29.0. The van der Waals surface area contributed by atoms with Gasteiger partial charge in [0.1, 0.15) is 5.75 Å². The molecule has 2 amide bonds. The maximum atomic E-state index is 12.6. The van der Waals surface area contributed by atoms with Gasteiger partial charge in [-0.05, 0) is 104 Å². The molecule has 0 aliphatic carbocycles. The minimum atomic E-state index is -0.256. The van der Waals surface area contributed by atoms with E-state index in [9.17, 15) is 9.59 Å². The number of amides is 2. The highest BCUT2D eigenvalue weighted by atomic mass is 16.5. The summed E-state index contributed by atoms with van der Waals surface area (Å²) in [7, 11) is 0. The summed E-state index contributed by atoms with van der Waals surface area (Å²) < 4.78 is 11.1. The van der Waals surface area contributed by atoms with Gasteiger partial charge in [0.05, 0.1) is 12.3 Å². The molecule has 220 valence electrons. The zero-order valence-corrected chi connectivity index (χ0v) is 24.0. The summed E-state index contributed by atoms with van der Waals surface area (Å²) in [6.07, 6.45) is 7.31. The average Bonchev–Trinajstić information content (AvgIpc) is 3.55. The molecule has 2 fully saturated rings. The van der Waals surface area contributed by atoms with Crippen LogP contribution in [0, 0.1) is 5.92 Å². The van der Waals surface area contributed by atoms with E-state index in [0.29, 0.717) is 17.9 Å². The molecule has 2 saturated heterocycles.